The molecule has 2 aliphatic rings. The summed E-state index contributed by atoms with van der Waals surface area (Å²) in [4.78, 5) is 40.9. The molecular formula is C26H27F3N2O4. The second-order valence-electron chi connectivity index (χ2n) is 8.95. The molecule has 4 rings (SSSR count). The van der Waals surface area contributed by atoms with Crippen molar-refractivity contribution in [1.29, 1.82) is 0 Å². The van der Waals surface area contributed by atoms with Gasteiger partial charge in [0, 0.05) is 37.3 Å². The lowest BCUT2D eigenvalue weighted by Crippen LogP contribution is -2.40. The highest BCUT2D eigenvalue weighted by Crippen LogP contribution is 2.29. The number of esters is 1. The fraction of sp³-hybridized carbons (Fsp3) is 0.423. The van der Waals surface area contributed by atoms with Crippen molar-refractivity contribution in [2.45, 2.75) is 38.5 Å². The van der Waals surface area contributed by atoms with E-state index in [1.807, 2.05) is 4.90 Å². The first-order chi connectivity index (χ1) is 16.7. The van der Waals surface area contributed by atoms with E-state index in [2.05, 4.69) is 0 Å². The summed E-state index contributed by atoms with van der Waals surface area (Å²) in [7, 11) is 0. The van der Waals surface area contributed by atoms with Gasteiger partial charge in [0.2, 0.25) is 0 Å². The van der Waals surface area contributed by atoms with E-state index >= 15 is 0 Å². The lowest BCUT2D eigenvalue weighted by atomic mass is 9.96. The van der Waals surface area contributed by atoms with Gasteiger partial charge in [0.25, 0.3) is 11.8 Å². The summed E-state index contributed by atoms with van der Waals surface area (Å²) in [6.45, 7) is 2.32. The van der Waals surface area contributed by atoms with Crippen molar-refractivity contribution in [2.75, 3.05) is 26.2 Å². The number of alkyl halides is 3. The molecule has 0 N–H and O–H groups in total. The summed E-state index contributed by atoms with van der Waals surface area (Å²) in [6.07, 6.45) is -1.54. The first kappa shape index (κ1) is 24.8. The Balaban J connectivity index is 1.23. The van der Waals surface area contributed by atoms with Gasteiger partial charge in [-0.2, -0.15) is 13.2 Å². The van der Waals surface area contributed by atoms with Gasteiger partial charge in [0.15, 0.2) is 0 Å². The summed E-state index contributed by atoms with van der Waals surface area (Å²) >= 11 is 0. The van der Waals surface area contributed by atoms with Crippen LogP contribution in [0, 0.1) is 5.92 Å². The second kappa shape index (κ2) is 10.5. The highest BCUT2D eigenvalue weighted by molar-refractivity contribution is 5.95. The zero-order valence-corrected chi connectivity index (χ0v) is 19.2. The number of ether oxygens (including phenoxy) is 1. The fourth-order valence-corrected chi connectivity index (χ4v) is 4.42. The molecule has 0 saturated carbocycles. The van der Waals surface area contributed by atoms with Gasteiger partial charge in [-0.15, -0.1) is 0 Å². The lowest BCUT2D eigenvalue weighted by Gasteiger charge is -2.31. The number of hydrogen-bond donors (Lipinski definition) is 0. The van der Waals surface area contributed by atoms with Gasteiger partial charge in [0.05, 0.1) is 11.5 Å². The van der Waals surface area contributed by atoms with E-state index in [0.717, 1.165) is 43.6 Å². The van der Waals surface area contributed by atoms with E-state index in [4.69, 9.17) is 4.74 Å². The molecule has 0 radical (unpaired) electrons. The van der Waals surface area contributed by atoms with E-state index in [9.17, 15) is 27.6 Å². The Hall–Kier alpha value is -3.36. The number of hydrogen-bond acceptors (Lipinski definition) is 4. The SMILES string of the molecule is O=C(OCc1ccc(C(=O)N2CCCC2)cc1)C1CCN(C(=O)c2ccc(C(F)(F)F)cc2)CC1. The standard InChI is InChI=1S/C26H27F3N2O4/c27-26(28,29)22-9-7-20(8-10-22)24(33)31-15-11-21(12-16-31)25(34)35-17-18-3-5-19(6-4-18)23(32)30-13-1-2-14-30/h3-10,21H,1-2,11-17H2. The number of rotatable bonds is 5. The molecule has 6 nitrogen and oxygen atoms in total. The van der Waals surface area contributed by atoms with E-state index < -0.39 is 11.7 Å². The van der Waals surface area contributed by atoms with Crippen molar-refractivity contribution in [1.82, 2.24) is 9.80 Å². The molecule has 0 spiro atoms. The number of likely N-dealkylation sites (tertiary alicyclic amines) is 2. The molecule has 2 fully saturated rings. The van der Waals surface area contributed by atoms with E-state index in [1.54, 1.807) is 29.2 Å². The van der Waals surface area contributed by atoms with Crippen molar-refractivity contribution in [3.05, 3.63) is 70.8 Å². The monoisotopic (exact) mass is 488 g/mol. The Morgan fingerprint density at radius 1 is 0.771 bits per heavy atom. The normalized spacial score (nSPS) is 16.9. The van der Waals surface area contributed by atoms with Crippen molar-refractivity contribution >= 4 is 17.8 Å². The Labute approximate surface area is 201 Å². The number of amides is 2. The number of piperidine rings is 1. The zero-order valence-electron chi connectivity index (χ0n) is 19.2. The third-order valence-electron chi connectivity index (χ3n) is 6.55. The number of benzene rings is 2. The van der Waals surface area contributed by atoms with Crippen LogP contribution in [0.15, 0.2) is 48.5 Å². The molecule has 35 heavy (non-hydrogen) atoms. The van der Waals surface area contributed by atoms with Gasteiger partial charge in [0.1, 0.15) is 6.61 Å². The molecule has 0 aliphatic carbocycles. The first-order valence-electron chi connectivity index (χ1n) is 11.7. The summed E-state index contributed by atoms with van der Waals surface area (Å²) in [5, 5.41) is 0. The maximum absolute atomic E-state index is 12.7. The van der Waals surface area contributed by atoms with Gasteiger partial charge in [-0.3, -0.25) is 14.4 Å². The molecule has 0 unspecified atom stereocenters. The third kappa shape index (κ3) is 6.01. The topological polar surface area (TPSA) is 66.9 Å². The minimum Gasteiger partial charge on any atom is -0.461 e. The molecule has 2 amide bonds. The van der Waals surface area contributed by atoms with Crippen LogP contribution in [0.3, 0.4) is 0 Å². The molecule has 2 heterocycles. The quantitative estimate of drug-likeness (QED) is 0.580. The van der Waals surface area contributed by atoms with Crippen LogP contribution < -0.4 is 0 Å². The van der Waals surface area contributed by atoms with E-state index in [-0.39, 0.29) is 35.9 Å². The molecule has 0 aromatic heterocycles. The number of nitrogens with zero attached hydrogens (tertiary/aromatic N) is 2. The Bertz CT molecular complexity index is 1050. The van der Waals surface area contributed by atoms with Crippen LogP contribution in [0.1, 0.15) is 57.5 Å². The van der Waals surface area contributed by atoms with Crippen molar-refractivity contribution in [3.8, 4) is 0 Å². The van der Waals surface area contributed by atoms with Crippen LogP contribution in [0.5, 0.6) is 0 Å². The van der Waals surface area contributed by atoms with Gasteiger partial charge in [-0.05, 0) is 67.6 Å². The van der Waals surface area contributed by atoms with Gasteiger partial charge in [-0.25, -0.2) is 0 Å². The maximum atomic E-state index is 12.7. The zero-order chi connectivity index (χ0) is 25.0. The molecule has 2 saturated heterocycles. The van der Waals surface area contributed by atoms with Gasteiger partial charge >= 0.3 is 12.1 Å². The predicted molar refractivity (Wildman–Crippen MR) is 121 cm³/mol. The summed E-state index contributed by atoms with van der Waals surface area (Å²) < 4.78 is 43.6. The lowest BCUT2D eigenvalue weighted by molar-refractivity contribution is -0.151. The van der Waals surface area contributed by atoms with Gasteiger partial charge in [-0.1, -0.05) is 12.1 Å². The number of halogens is 3. The molecule has 0 bridgehead atoms. The molecule has 186 valence electrons. The predicted octanol–water partition coefficient (Wildman–Crippen LogP) is 4.54. The third-order valence-corrected chi connectivity index (χ3v) is 6.55. The molecule has 2 aromatic carbocycles. The molecular weight excluding hydrogens is 461 g/mol. The van der Waals surface area contributed by atoms with Gasteiger partial charge < -0.3 is 14.5 Å². The van der Waals surface area contributed by atoms with Crippen molar-refractivity contribution in [2.24, 2.45) is 5.92 Å². The van der Waals surface area contributed by atoms with Crippen molar-refractivity contribution < 1.29 is 32.3 Å². The summed E-state index contributed by atoms with van der Waals surface area (Å²) in [5.41, 5.74) is 0.785. The number of carbonyl (C=O) groups excluding carboxylic acids is 3. The van der Waals surface area contributed by atoms with Crippen LogP contribution in [-0.2, 0) is 22.3 Å². The molecule has 2 aromatic rings. The summed E-state index contributed by atoms with van der Waals surface area (Å²) in [5.74, 6) is -1.02. The number of carbonyl (C=O) groups is 3. The minimum absolute atomic E-state index is 0.0173. The van der Waals surface area contributed by atoms with Crippen molar-refractivity contribution in [3.63, 3.8) is 0 Å². The van der Waals surface area contributed by atoms with Crippen LogP contribution in [0.2, 0.25) is 0 Å². The molecule has 9 heteroatoms. The van der Waals surface area contributed by atoms with Crippen LogP contribution in [-0.4, -0.2) is 53.8 Å². The second-order valence-corrected chi connectivity index (χ2v) is 8.95. The first-order valence-corrected chi connectivity index (χ1v) is 11.7. The Morgan fingerprint density at radius 3 is 1.77 bits per heavy atom. The average molecular weight is 489 g/mol. The molecule has 2 aliphatic heterocycles. The molecule has 0 atom stereocenters. The van der Waals surface area contributed by atoms with E-state index in [0.29, 0.717) is 31.5 Å². The smallest absolute Gasteiger partial charge is 0.416 e. The van der Waals surface area contributed by atoms with Crippen LogP contribution in [0.4, 0.5) is 13.2 Å². The highest BCUT2D eigenvalue weighted by atomic mass is 19.4. The Kier molecular flexibility index (Phi) is 7.42. The average Bonchev–Trinajstić information content (AvgIpc) is 3.41. The maximum Gasteiger partial charge on any atom is 0.416 e. The van der Waals surface area contributed by atoms with Crippen LogP contribution >= 0.6 is 0 Å². The largest absolute Gasteiger partial charge is 0.461 e. The summed E-state index contributed by atoms with van der Waals surface area (Å²) in [6, 6.07) is 11.2. The Morgan fingerprint density at radius 2 is 1.26 bits per heavy atom. The fourth-order valence-electron chi connectivity index (χ4n) is 4.42. The van der Waals surface area contributed by atoms with Crippen LogP contribution in [0.25, 0.3) is 0 Å². The van der Waals surface area contributed by atoms with E-state index in [1.165, 1.54) is 12.1 Å². The minimum atomic E-state index is -4.45. The highest BCUT2D eigenvalue weighted by Gasteiger charge is 2.32.